The third-order valence-electron chi connectivity index (χ3n) is 3.61. The average molecular weight is 243 g/mol. The van der Waals surface area contributed by atoms with Crippen LogP contribution in [0.15, 0.2) is 0 Å². The Balaban J connectivity index is 1.46. The zero-order chi connectivity index (χ0) is 12.1. The summed E-state index contributed by atoms with van der Waals surface area (Å²) in [4.78, 5) is 2.15. The standard InChI is InChI=1S/C13H25NO3/c1-14(9-13(15)11-4-5-11)6-8-16-10-12-3-2-7-17-12/h11-13,15H,2-10H2,1H3. The molecule has 1 aliphatic heterocycles. The first-order valence-corrected chi connectivity index (χ1v) is 6.81. The minimum absolute atomic E-state index is 0.141. The topological polar surface area (TPSA) is 41.9 Å². The number of ether oxygens (including phenoxy) is 2. The maximum absolute atomic E-state index is 9.79. The van der Waals surface area contributed by atoms with Gasteiger partial charge in [-0.3, -0.25) is 0 Å². The quantitative estimate of drug-likeness (QED) is 0.643. The molecule has 2 fully saturated rings. The Morgan fingerprint density at radius 1 is 1.41 bits per heavy atom. The summed E-state index contributed by atoms with van der Waals surface area (Å²) >= 11 is 0. The van der Waals surface area contributed by atoms with Crippen LogP contribution < -0.4 is 0 Å². The van der Waals surface area contributed by atoms with E-state index in [0.717, 1.165) is 39.3 Å². The highest BCUT2D eigenvalue weighted by Gasteiger charge is 2.30. The van der Waals surface area contributed by atoms with E-state index < -0.39 is 0 Å². The van der Waals surface area contributed by atoms with Crippen molar-refractivity contribution in [1.82, 2.24) is 4.90 Å². The molecule has 0 aromatic heterocycles. The monoisotopic (exact) mass is 243 g/mol. The molecule has 0 bridgehead atoms. The molecule has 0 amide bonds. The van der Waals surface area contributed by atoms with Gasteiger partial charge >= 0.3 is 0 Å². The van der Waals surface area contributed by atoms with E-state index >= 15 is 0 Å². The summed E-state index contributed by atoms with van der Waals surface area (Å²) < 4.78 is 11.1. The summed E-state index contributed by atoms with van der Waals surface area (Å²) in [5, 5.41) is 9.79. The molecular formula is C13H25NO3. The minimum atomic E-state index is -0.141. The van der Waals surface area contributed by atoms with Gasteiger partial charge in [0.25, 0.3) is 0 Å². The number of likely N-dealkylation sites (N-methyl/N-ethyl adjacent to an activating group) is 1. The predicted octanol–water partition coefficient (Wildman–Crippen LogP) is 0.885. The SMILES string of the molecule is CN(CCOCC1CCCO1)CC(O)C1CC1. The minimum Gasteiger partial charge on any atom is -0.392 e. The molecule has 2 rings (SSSR count). The van der Waals surface area contributed by atoms with Crippen molar-refractivity contribution < 1.29 is 14.6 Å². The van der Waals surface area contributed by atoms with Gasteiger partial charge in [-0.05, 0) is 38.6 Å². The average Bonchev–Trinajstić information content (AvgIpc) is 3.03. The highest BCUT2D eigenvalue weighted by molar-refractivity contribution is 4.82. The summed E-state index contributed by atoms with van der Waals surface area (Å²) in [6.45, 7) is 4.00. The molecule has 1 saturated heterocycles. The number of aliphatic hydroxyl groups is 1. The van der Waals surface area contributed by atoms with Crippen molar-refractivity contribution >= 4 is 0 Å². The summed E-state index contributed by atoms with van der Waals surface area (Å²) in [7, 11) is 2.04. The van der Waals surface area contributed by atoms with Gasteiger partial charge in [-0.25, -0.2) is 0 Å². The van der Waals surface area contributed by atoms with E-state index in [9.17, 15) is 5.11 Å². The molecule has 2 aliphatic rings. The van der Waals surface area contributed by atoms with Gasteiger partial charge in [0.2, 0.25) is 0 Å². The lowest BCUT2D eigenvalue weighted by molar-refractivity contribution is 0.00846. The Bertz CT molecular complexity index is 215. The molecule has 17 heavy (non-hydrogen) atoms. The van der Waals surface area contributed by atoms with Crippen molar-refractivity contribution in [3.8, 4) is 0 Å². The van der Waals surface area contributed by atoms with Gasteiger partial charge in [0.1, 0.15) is 0 Å². The molecular weight excluding hydrogens is 218 g/mol. The lowest BCUT2D eigenvalue weighted by Gasteiger charge is -2.20. The van der Waals surface area contributed by atoms with Gasteiger partial charge in [0.05, 0.1) is 25.4 Å². The van der Waals surface area contributed by atoms with Crippen molar-refractivity contribution in [3.05, 3.63) is 0 Å². The second-order valence-electron chi connectivity index (χ2n) is 5.38. The van der Waals surface area contributed by atoms with Crippen molar-refractivity contribution in [2.24, 2.45) is 5.92 Å². The molecule has 1 aliphatic carbocycles. The van der Waals surface area contributed by atoms with Crippen LogP contribution in [0.4, 0.5) is 0 Å². The molecule has 0 radical (unpaired) electrons. The largest absolute Gasteiger partial charge is 0.392 e. The second-order valence-corrected chi connectivity index (χ2v) is 5.38. The fourth-order valence-electron chi connectivity index (χ4n) is 2.25. The fourth-order valence-corrected chi connectivity index (χ4v) is 2.25. The Labute approximate surface area is 104 Å². The zero-order valence-electron chi connectivity index (χ0n) is 10.8. The highest BCUT2D eigenvalue weighted by atomic mass is 16.5. The second kappa shape index (κ2) is 6.69. The molecule has 1 N–H and O–H groups in total. The van der Waals surface area contributed by atoms with Gasteiger partial charge in [0.15, 0.2) is 0 Å². The number of rotatable bonds is 8. The molecule has 0 aromatic carbocycles. The summed E-state index contributed by atoms with van der Waals surface area (Å²) in [6.07, 6.45) is 4.88. The number of hydrogen-bond donors (Lipinski definition) is 1. The molecule has 4 nitrogen and oxygen atoms in total. The molecule has 2 atom stereocenters. The number of aliphatic hydroxyl groups excluding tert-OH is 1. The van der Waals surface area contributed by atoms with Crippen LogP contribution in [0.2, 0.25) is 0 Å². The van der Waals surface area contributed by atoms with E-state index in [1.165, 1.54) is 19.3 Å². The number of nitrogens with zero attached hydrogens (tertiary/aromatic N) is 1. The Hall–Kier alpha value is -0.160. The first kappa shape index (κ1) is 13.3. The lowest BCUT2D eigenvalue weighted by atomic mass is 10.2. The van der Waals surface area contributed by atoms with E-state index in [4.69, 9.17) is 9.47 Å². The van der Waals surface area contributed by atoms with Crippen molar-refractivity contribution in [3.63, 3.8) is 0 Å². The molecule has 2 unspecified atom stereocenters. The Kier molecular flexibility index (Phi) is 5.22. The third-order valence-corrected chi connectivity index (χ3v) is 3.61. The van der Waals surface area contributed by atoms with Crippen molar-refractivity contribution in [2.45, 2.75) is 37.9 Å². The van der Waals surface area contributed by atoms with E-state index in [0.29, 0.717) is 12.0 Å². The molecule has 0 aromatic rings. The van der Waals surface area contributed by atoms with Gasteiger partial charge in [-0.2, -0.15) is 0 Å². The molecule has 0 spiro atoms. The Morgan fingerprint density at radius 3 is 2.88 bits per heavy atom. The Morgan fingerprint density at radius 2 is 2.24 bits per heavy atom. The fraction of sp³-hybridized carbons (Fsp3) is 1.00. The van der Waals surface area contributed by atoms with E-state index in [2.05, 4.69) is 4.90 Å². The van der Waals surface area contributed by atoms with Crippen LogP contribution >= 0.6 is 0 Å². The van der Waals surface area contributed by atoms with Crippen LogP contribution in [0.25, 0.3) is 0 Å². The highest BCUT2D eigenvalue weighted by Crippen LogP contribution is 2.32. The van der Waals surface area contributed by atoms with Crippen LogP contribution in [0.1, 0.15) is 25.7 Å². The van der Waals surface area contributed by atoms with Crippen LogP contribution in [-0.4, -0.2) is 62.2 Å². The molecule has 4 heteroatoms. The van der Waals surface area contributed by atoms with Gasteiger partial charge < -0.3 is 19.5 Å². The van der Waals surface area contributed by atoms with Gasteiger partial charge in [-0.15, -0.1) is 0 Å². The van der Waals surface area contributed by atoms with Crippen LogP contribution in [0.3, 0.4) is 0 Å². The molecule has 1 heterocycles. The first-order chi connectivity index (χ1) is 8.25. The van der Waals surface area contributed by atoms with E-state index in [1.54, 1.807) is 0 Å². The van der Waals surface area contributed by atoms with Gasteiger partial charge in [-0.1, -0.05) is 0 Å². The first-order valence-electron chi connectivity index (χ1n) is 6.81. The smallest absolute Gasteiger partial charge is 0.0809 e. The maximum atomic E-state index is 9.79. The zero-order valence-corrected chi connectivity index (χ0v) is 10.8. The lowest BCUT2D eigenvalue weighted by Crippen LogP contribution is -2.33. The molecule has 1 saturated carbocycles. The van der Waals surface area contributed by atoms with Crippen LogP contribution in [-0.2, 0) is 9.47 Å². The van der Waals surface area contributed by atoms with E-state index in [-0.39, 0.29) is 6.10 Å². The van der Waals surface area contributed by atoms with Crippen molar-refractivity contribution in [2.75, 3.05) is 40.0 Å². The summed E-state index contributed by atoms with van der Waals surface area (Å²) in [6, 6.07) is 0. The number of hydrogen-bond acceptors (Lipinski definition) is 4. The van der Waals surface area contributed by atoms with Gasteiger partial charge in [0, 0.05) is 19.7 Å². The van der Waals surface area contributed by atoms with E-state index in [1.807, 2.05) is 7.05 Å². The summed E-state index contributed by atoms with van der Waals surface area (Å²) in [5.74, 6) is 0.560. The molecule has 100 valence electrons. The van der Waals surface area contributed by atoms with Crippen LogP contribution in [0, 0.1) is 5.92 Å². The summed E-state index contributed by atoms with van der Waals surface area (Å²) in [5.41, 5.74) is 0. The predicted molar refractivity (Wildman–Crippen MR) is 66.0 cm³/mol. The van der Waals surface area contributed by atoms with Crippen molar-refractivity contribution in [1.29, 1.82) is 0 Å². The third kappa shape index (κ3) is 4.92. The van der Waals surface area contributed by atoms with Crippen LogP contribution in [0.5, 0.6) is 0 Å². The maximum Gasteiger partial charge on any atom is 0.0809 e. The normalized spacial score (nSPS) is 26.6.